The van der Waals surface area contributed by atoms with Crippen LogP contribution in [0.1, 0.15) is 17.2 Å². The third kappa shape index (κ3) is 4.16. The van der Waals surface area contributed by atoms with Gasteiger partial charge in [0.25, 0.3) is 5.69 Å². The first kappa shape index (κ1) is 19.8. The Balaban J connectivity index is 2.08. The highest BCUT2D eigenvalue weighted by molar-refractivity contribution is 5.86. The molecule has 1 heterocycles. The summed E-state index contributed by atoms with van der Waals surface area (Å²) in [6, 6.07) is 14.8. The lowest BCUT2D eigenvalue weighted by molar-refractivity contribution is -0.384. The molecular weight excluding hydrogens is 374 g/mol. The number of nitro groups is 1. The minimum Gasteiger partial charge on any atom is -0.497 e. The second-order valence-corrected chi connectivity index (χ2v) is 6.22. The first-order valence-corrected chi connectivity index (χ1v) is 8.66. The van der Waals surface area contributed by atoms with Crippen molar-refractivity contribution < 1.29 is 19.2 Å². The number of ether oxygens (including phenoxy) is 2. The molecule has 1 unspecified atom stereocenters. The maximum Gasteiger partial charge on any atom is 0.280 e. The van der Waals surface area contributed by atoms with Gasteiger partial charge in [0.15, 0.2) is 0 Å². The largest absolute Gasteiger partial charge is 0.497 e. The molecule has 0 aliphatic rings. The van der Waals surface area contributed by atoms with Crippen LogP contribution in [0.25, 0.3) is 11.1 Å². The van der Waals surface area contributed by atoms with E-state index in [1.165, 1.54) is 19.4 Å². The van der Waals surface area contributed by atoms with Gasteiger partial charge in [-0.15, -0.1) is 0 Å². The van der Waals surface area contributed by atoms with Crippen LogP contribution in [0.2, 0.25) is 0 Å². The summed E-state index contributed by atoms with van der Waals surface area (Å²) in [5, 5.41) is 11.5. The highest BCUT2D eigenvalue weighted by Crippen LogP contribution is 2.35. The molecule has 1 aromatic heterocycles. The van der Waals surface area contributed by atoms with E-state index in [2.05, 4.69) is 4.98 Å². The number of hydrogen-bond donors (Lipinski definition) is 1. The molecule has 0 bridgehead atoms. The Labute approximate surface area is 167 Å². The number of aromatic nitrogens is 1. The minimum absolute atomic E-state index is 0.110. The summed E-state index contributed by atoms with van der Waals surface area (Å²) in [7, 11) is 2.99. The second kappa shape index (κ2) is 8.39. The molecule has 0 aliphatic carbocycles. The number of nitrogens with zero attached hydrogens (tertiary/aromatic N) is 2. The van der Waals surface area contributed by atoms with E-state index in [-0.39, 0.29) is 5.69 Å². The van der Waals surface area contributed by atoms with Crippen molar-refractivity contribution in [2.75, 3.05) is 14.2 Å². The van der Waals surface area contributed by atoms with Crippen LogP contribution in [-0.2, 0) is 4.79 Å². The second-order valence-electron chi connectivity index (χ2n) is 6.22. The van der Waals surface area contributed by atoms with Crippen LogP contribution in [0.4, 0.5) is 5.69 Å². The van der Waals surface area contributed by atoms with E-state index >= 15 is 0 Å². The highest BCUT2D eigenvalue weighted by atomic mass is 16.6. The van der Waals surface area contributed by atoms with Gasteiger partial charge in [-0.25, -0.2) is 0 Å². The first-order valence-electron chi connectivity index (χ1n) is 8.66. The molecule has 0 saturated heterocycles. The maximum atomic E-state index is 12.2. The standard InChI is InChI=1S/C21H19N3O5/c1-28-15-5-3-13(4-6-15)20(21(22)25)18-11-14(9-10-23-18)17-8-7-16(29-2)12-19(17)24(26)27/h3-12,20H,1-2H3,(H2,22,25). The zero-order chi connectivity index (χ0) is 21.0. The minimum atomic E-state index is -0.807. The Kier molecular flexibility index (Phi) is 5.73. The first-order chi connectivity index (χ1) is 13.9. The topological polar surface area (TPSA) is 118 Å². The molecule has 8 heteroatoms. The summed E-state index contributed by atoms with van der Waals surface area (Å²) in [5.74, 6) is -0.363. The van der Waals surface area contributed by atoms with Crippen molar-refractivity contribution in [1.82, 2.24) is 4.98 Å². The van der Waals surface area contributed by atoms with Gasteiger partial charge >= 0.3 is 0 Å². The number of nitrogens with two attached hydrogens (primary N) is 1. The fourth-order valence-corrected chi connectivity index (χ4v) is 3.08. The molecular formula is C21H19N3O5. The van der Waals surface area contributed by atoms with Crippen molar-refractivity contribution in [2.45, 2.75) is 5.92 Å². The van der Waals surface area contributed by atoms with Gasteiger partial charge < -0.3 is 15.2 Å². The van der Waals surface area contributed by atoms with E-state index in [1.807, 2.05) is 0 Å². The maximum absolute atomic E-state index is 12.2. The smallest absolute Gasteiger partial charge is 0.280 e. The van der Waals surface area contributed by atoms with E-state index in [4.69, 9.17) is 15.2 Å². The quantitative estimate of drug-likeness (QED) is 0.486. The molecule has 0 fully saturated rings. The number of nitro benzene ring substituents is 1. The molecule has 8 nitrogen and oxygen atoms in total. The Bertz CT molecular complexity index is 1050. The average Bonchev–Trinajstić information content (AvgIpc) is 2.74. The molecule has 148 valence electrons. The molecule has 0 spiro atoms. The summed E-state index contributed by atoms with van der Waals surface area (Å²) in [5.41, 5.74) is 7.50. The van der Waals surface area contributed by atoms with Gasteiger partial charge in [-0.2, -0.15) is 0 Å². The summed E-state index contributed by atoms with van der Waals surface area (Å²) in [6.07, 6.45) is 1.50. The number of hydrogen-bond acceptors (Lipinski definition) is 6. The number of rotatable bonds is 7. The molecule has 2 aromatic carbocycles. The number of benzene rings is 2. The lowest BCUT2D eigenvalue weighted by Crippen LogP contribution is -2.23. The van der Waals surface area contributed by atoms with Gasteiger partial charge in [0.1, 0.15) is 17.4 Å². The van der Waals surface area contributed by atoms with Crippen LogP contribution in [0.3, 0.4) is 0 Å². The number of amides is 1. The van der Waals surface area contributed by atoms with Crippen molar-refractivity contribution in [2.24, 2.45) is 5.73 Å². The van der Waals surface area contributed by atoms with Crippen LogP contribution >= 0.6 is 0 Å². The third-order valence-corrected chi connectivity index (χ3v) is 4.52. The lowest BCUT2D eigenvalue weighted by atomic mass is 9.92. The predicted molar refractivity (Wildman–Crippen MR) is 107 cm³/mol. The molecule has 2 N–H and O–H groups in total. The average molecular weight is 393 g/mol. The van der Waals surface area contributed by atoms with Crippen LogP contribution in [0, 0.1) is 10.1 Å². The molecule has 3 rings (SSSR count). The van der Waals surface area contributed by atoms with Crippen molar-refractivity contribution in [3.8, 4) is 22.6 Å². The Hall–Kier alpha value is -3.94. The number of primary amides is 1. The van der Waals surface area contributed by atoms with Gasteiger partial charge in [0, 0.05) is 6.20 Å². The molecule has 0 saturated carbocycles. The number of methoxy groups -OCH3 is 2. The van der Waals surface area contributed by atoms with E-state index < -0.39 is 16.7 Å². The lowest BCUT2D eigenvalue weighted by Gasteiger charge is -2.15. The van der Waals surface area contributed by atoms with Gasteiger partial charge in [-0.1, -0.05) is 12.1 Å². The Morgan fingerprint density at radius 1 is 1.03 bits per heavy atom. The van der Waals surface area contributed by atoms with Crippen LogP contribution in [0.15, 0.2) is 60.8 Å². The van der Waals surface area contributed by atoms with Crippen LogP contribution < -0.4 is 15.2 Å². The predicted octanol–water partition coefficient (Wildman–Crippen LogP) is 3.29. The summed E-state index contributed by atoms with van der Waals surface area (Å²) in [4.78, 5) is 27.5. The van der Waals surface area contributed by atoms with Crippen molar-refractivity contribution in [3.05, 3.63) is 82.2 Å². The Morgan fingerprint density at radius 3 is 2.28 bits per heavy atom. The highest BCUT2D eigenvalue weighted by Gasteiger charge is 2.24. The molecule has 1 atom stereocenters. The summed E-state index contributed by atoms with van der Waals surface area (Å²) >= 11 is 0. The fraction of sp³-hybridized carbons (Fsp3) is 0.143. The monoisotopic (exact) mass is 393 g/mol. The molecule has 29 heavy (non-hydrogen) atoms. The van der Waals surface area contributed by atoms with Gasteiger partial charge in [-0.3, -0.25) is 19.9 Å². The van der Waals surface area contributed by atoms with Crippen LogP contribution in [0.5, 0.6) is 11.5 Å². The number of carbonyl (C=O) groups excluding carboxylic acids is 1. The van der Waals surface area contributed by atoms with E-state index in [0.29, 0.717) is 33.9 Å². The molecule has 1 amide bonds. The van der Waals surface area contributed by atoms with E-state index in [1.54, 1.807) is 55.6 Å². The zero-order valence-electron chi connectivity index (χ0n) is 15.9. The van der Waals surface area contributed by atoms with Crippen molar-refractivity contribution >= 4 is 11.6 Å². The SMILES string of the molecule is COc1ccc(C(C(N)=O)c2cc(-c3ccc(OC)cc3[N+](=O)[O-])ccn2)cc1. The van der Waals surface area contributed by atoms with Crippen molar-refractivity contribution in [3.63, 3.8) is 0 Å². The summed E-state index contributed by atoms with van der Waals surface area (Å²) < 4.78 is 10.2. The van der Waals surface area contributed by atoms with Crippen LogP contribution in [-0.4, -0.2) is 30.0 Å². The molecule has 3 aromatic rings. The van der Waals surface area contributed by atoms with Gasteiger partial charge in [0.05, 0.1) is 36.5 Å². The fourth-order valence-electron chi connectivity index (χ4n) is 3.08. The van der Waals surface area contributed by atoms with Gasteiger partial charge in [0.2, 0.25) is 5.91 Å². The molecule has 0 aliphatic heterocycles. The van der Waals surface area contributed by atoms with Gasteiger partial charge in [-0.05, 0) is 47.5 Å². The zero-order valence-corrected chi connectivity index (χ0v) is 15.9. The van der Waals surface area contributed by atoms with Crippen molar-refractivity contribution in [1.29, 1.82) is 0 Å². The Morgan fingerprint density at radius 2 is 1.69 bits per heavy atom. The number of carbonyl (C=O) groups is 1. The number of pyridine rings is 1. The molecule has 0 radical (unpaired) electrons. The third-order valence-electron chi connectivity index (χ3n) is 4.52. The van der Waals surface area contributed by atoms with E-state index in [9.17, 15) is 14.9 Å². The normalized spacial score (nSPS) is 11.5. The summed E-state index contributed by atoms with van der Waals surface area (Å²) in [6.45, 7) is 0. The van der Waals surface area contributed by atoms with E-state index in [0.717, 1.165) is 0 Å².